The lowest BCUT2D eigenvalue weighted by molar-refractivity contribution is -0.122. The number of amides is 1. The van der Waals surface area contributed by atoms with Crippen molar-refractivity contribution in [1.29, 1.82) is 0 Å². The van der Waals surface area contributed by atoms with E-state index in [1.165, 1.54) is 30.8 Å². The van der Waals surface area contributed by atoms with Gasteiger partial charge in [-0.05, 0) is 25.0 Å². The van der Waals surface area contributed by atoms with E-state index < -0.39 is 0 Å². The highest BCUT2D eigenvalue weighted by Gasteiger charge is 2.24. The molecule has 1 amide bonds. The van der Waals surface area contributed by atoms with Gasteiger partial charge in [0.15, 0.2) is 0 Å². The molecule has 1 aliphatic heterocycles. The van der Waals surface area contributed by atoms with Gasteiger partial charge in [-0.1, -0.05) is 13.3 Å². The highest BCUT2D eigenvalue weighted by Crippen LogP contribution is 2.28. The zero-order valence-electron chi connectivity index (χ0n) is 11.8. The van der Waals surface area contributed by atoms with Gasteiger partial charge in [-0.2, -0.15) is 23.5 Å². The smallest absolute Gasteiger partial charge is 0.221 e. The van der Waals surface area contributed by atoms with Gasteiger partial charge < -0.3 is 10.6 Å². The fourth-order valence-corrected chi connectivity index (χ4v) is 5.05. The summed E-state index contributed by atoms with van der Waals surface area (Å²) in [6, 6.07) is 0.796. The minimum atomic E-state index is 0.243. The molecule has 2 aliphatic rings. The highest BCUT2D eigenvalue weighted by molar-refractivity contribution is 7.99. The average molecular weight is 303 g/mol. The molecule has 0 aromatic rings. The fraction of sp³-hybridized carbons (Fsp3) is 0.929. The first-order valence-corrected chi connectivity index (χ1v) is 9.70. The zero-order chi connectivity index (χ0) is 13.5. The molecule has 3 unspecified atom stereocenters. The van der Waals surface area contributed by atoms with Crippen molar-refractivity contribution in [3.05, 3.63) is 0 Å². The number of rotatable bonds is 5. The third-order valence-corrected chi connectivity index (χ3v) is 6.19. The van der Waals surface area contributed by atoms with Crippen LogP contribution in [0.2, 0.25) is 0 Å². The van der Waals surface area contributed by atoms with Gasteiger partial charge in [-0.3, -0.25) is 4.79 Å². The Hall–Kier alpha value is 0.130. The summed E-state index contributed by atoms with van der Waals surface area (Å²) in [4.78, 5) is 12.1. The molecule has 0 spiro atoms. The Morgan fingerprint density at radius 3 is 3.11 bits per heavy atom. The monoisotopic (exact) mass is 302 g/mol. The molecule has 2 N–H and O–H groups in total. The van der Waals surface area contributed by atoms with Crippen LogP contribution in [0.3, 0.4) is 0 Å². The summed E-state index contributed by atoms with van der Waals surface area (Å²) in [5.41, 5.74) is 0. The normalized spacial score (nSPS) is 31.9. The first-order valence-electron chi connectivity index (χ1n) is 7.50. The van der Waals surface area contributed by atoms with Crippen LogP contribution in [0.4, 0.5) is 0 Å². The van der Waals surface area contributed by atoms with Gasteiger partial charge in [0.05, 0.1) is 0 Å². The van der Waals surface area contributed by atoms with E-state index in [0.717, 1.165) is 24.0 Å². The topological polar surface area (TPSA) is 41.1 Å². The third kappa shape index (κ3) is 5.56. The van der Waals surface area contributed by atoms with Gasteiger partial charge in [-0.15, -0.1) is 0 Å². The van der Waals surface area contributed by atoms with E-state index in [-0.39, 0.29) is 5.91 Å². The van der Waals surface area contributed by atoms with Crippen molar-refractivity contribution < 1.29 is 4.79 Å². The Labute approximate surface area is 125 Å². The van der Waals surface area contributed by atoms with Gasteiger partial charge >= 0.3 is 0 Å². The zero-order valence-corrected chi connectivity index (χ0v) is 13.5. The van der Waals surface area contributed by atoms with E-state index >= 15 is 0 Å². The summed E-state index contributed by atoms with van der Waals surface area (Å²) < 4.78 is 0. The van der Waals surface area contributed by atoms with Crippen LogP contribution < -0.4 is 10.6 Å². The van der Waals surface area contributed by atoms with Crippen LogP contribution in [0.5, 0.6) is 0 Å². The molecule has 3 nitrogen and oxygen atoms in total. The quantitative estimate of drug-likeness (QED) is 0.817. The Balaban J connectivity index is 1.68. The first-order chi connectivity index (χ1) is 9.28. The molecule has 3 atom stereocenters. The van der Waals surface area contributed by atoms with Gasteiger partial charge in [0.25, 0.3) is 0 Å². The molecule has 2 fully saturated rings. The summed E-state index contributed by atoms with van der Waals surface area (Å²) in [6.45, 7) is 3.26. The van der Waals surface area contributed by atoms with Crippen LogP contribution in [-0.4, -0.2) is 47.0 Å². The second kappa shape index (κ2) is 8.42. The number of carbonyl (C=O) groups is 1. The van der Waals surface area contributed by atoms with E-state index in [2.05, 4.69) is 29.3 Å². The fourth-order valence-electron chi connectivity index (χ4n) is 2.92. The predicted octanol–water partition coefficient (Wildman–Crippen LogP) is 2.26. The maximum atomic E-state index is 12.1. The minimum Gasteiger partial charge on any atom is -0.353 e. The van der Waals surface area contributed by atoms with E-state index in [9.17, 15) is 4.79 Å². The number of hydrogen-bond acceptors (Lipinski definition) is 4. The molecule has 1 saturated carbocycles. The lowest BCUT2D eigenvalue weighted by Gasteiger charge is -2.30. The molecule has 19 heavy (non-hydrogen) atoms. The second-order valence-electron chi connectivity index (χ2n) is 5.44. The third-order valence-electron chi connectivity index (χ3n) is 3.82. The van der Waals surface area contributed by atoms with Crippen molar-refractivity contribution in [1.82, 2.24) is 10.6 Å². The molecule has 0 bridgehead atoms. The van der Waals surface area contributed by atoms with Crippen LogP contribution in [0.15, 0.2) is 0 Å². The molecule has 1 heterocycles. The Morgan fingerprint density at radius 2 is 2.37 bits per heavy atom. The lowest BCUT2D eigenvalue weighted by atomic mass is 9.94. The van der Waals surface area contributed by atoms with Crippen molar-refractivity contribution in [2.75, 3.05) is 23.8 Å². The van der Waals surface area contributed by atoms with E-state index in [4.69, 9.17) is 0 Å². The van der Waals surface area contributed by atoms with Crippen molar-refractivity contribution in [2.24, 2.45) is 0 Å². The van der Waals surface area contributed by atoms with Crippen LogP contribution in [0, 0.1) is 0 Å². The maximum absolute atomic E-state index is 12.1. The molecular weight excluding hydrogens is 276 g/mol. The van der Waals surface area contributed by atoms with Gasteiger partial charge in [-0.25, -0.2) is 0 Å². The highest BCUT2D eigenvalue weighted by atomic mass is 32.2. The lowest BCUT2D eigenvalue weighted by Crippen LogP contribution is -2.44. The van der Waals surface area contributed by atoms with Crippen molar-refractivity contribution in [3.63, 3.8) is 0 Å². The van der Waals surface area contributed by atoms with Gasteiger partial charge in [0, 0.05) is 41.8 Å². The number of thioether (sulfide) groups is 2. The number of nitrogens with one attached hydrogen (secondary N) is 2. The van der Waals surface area contributed by atoms with Crippen molar-refractivity contribution >= 4 is 29.4 Å². The molecule has 0 aromatic heterocycles. The number of hydrogen-bond donors (Lipinski definition) is 2. The van der Waals surface area contributed by atoms with Crippen molar-refractivity contribution in [3.8, 4) is 0 Å². The maximum Gasteiger partial charge on any atom is 0.221 e. The average Bonchev–Trinajstić information content (AvgIpc) is 2.40. The van der Waals surface area contributed by atoms with Crippen molar-refractivity contribution in [2.45, 2.75) is 56.4 Å². The summed E-state index contributed by atoms with van der Waals surface area (Å²) in [6.07, 6.45) is 5.57. The Kier molecular flexibility index (Phi) is 6.88. The van der Waals surface area contributed by atoms with Gasteiger partial charge in [0.2, 0.25) is 5.91 Å². The van der Waals surface area contributed by atoms with Crippen LogP contribution >= 0.6 is 23.5 Å². The Morgan fingerprint density at radius 1 is 1.47 bits per heavy atom. The van der Waals surface area contributed by atoms with Crippen LogP contribution in [-0.2, 0) is 4.79 Å². The molecule has 0 aromatic carbocycles. The molecule has 1 saturated heterocycles. The van der Waals surface area contributed by atoms with E-state index in [1.807, 2.05) is 11.8 Å². The first kappa shape index (κ1) is 15.5. The number of carbonyl (C=O) groups excluding carboxylic acids is 1. The standard InChI is InChI=1S/C14H26N2OS2/c1-2-19-13-5-3-4-11(8-13)16-14(17)9-12-10-18-7-6-15-12/h11-13,15H,2-10H2,1H3,(H,16,17). The Bertz CT molecular complexity index is 281. The molecular formula is C14H26N2OS2. The second-order valence-corrected chi connectivity index (χ2v) is 8.17. The van der Waals surface area contributed by atoms with Crippen LogP contribution in [0.1, 0.15) is 39.0 Å². The van der Waals surface area contributed by atoms with Gasteiger partial charge in [0.1, 0.15) is 0 Å². The molecule has 1 aliphatic carbocycles. The molecule has 5 heteroatoms. The van der Waals surface area contributed by atoms with E-state index in [1.54, 1.807) is 0 Å². The largest absolute Gasteiger partial charge is 0.353 e. The predicted molar refractivity (Wildman–Crippen MR) is 86.1 cm³/mol. The summed E-state index contributed by atoms with van der Waals surface area (Å²) in [5.74, 6) is 3.68. The summed E-state index contributed by atoms with van der Waals surface area (Å²) in [5, 5.41) is 7.44. The SMILES string of the molecule is CCSC1CCCC(NC(=O)CC2CSCCN2)C1. The molecule has 0 radical (unpaired) electrons. The summed E-state index contributed by atoms with van der Waals surface area (Å²) >= 11 is 4.00. The molecule has 110 valence electrons. The van der Waals surface area contributed by atoms with E-state index in [0.29, 0.717) is 18.5 Å². The minimum absolute atomic E-state index is 0.243. The summed E-state index contributed by atoms with van der Waals surface area (Å²) in [7, 11) is 0. The van der Waals surface area contributed by atoms with Crippen LogP contribution in [0.25, 0.3) is 0 Å². The molecule has 2 rings (SSSR count).